The Morgan fingerprint density at radius 1 is 1.11 bits per heavy atom. The number of nitrogens with one attached hydrogen (secondary N) is 2. The van der Waals surface area contributed by atoms with Gasteiger partial charge in [0, 0.05) is 28.7 Å². The standard InChI is InChI=1S/C20H18FN5O/c1-12-17(15-8-3-4-9-16(15)23-12)18-24-19(20(27-2)26-25-18)22-11-13-6-5-7-14(21)10-13/h3-10,23H,11H2,1-2H3,(H,22,24,25). The van der Waals surface area contributed by atoms with Gasteiger partial charge >= 0.3 is 0 Å². The fourth-order valence-corrected chi connectivity index (χ4v) is 3.07. The number of hydrogen-bond donors (Lipinski definition) is 2. The van der Waals surface area contributed by atoms with E-state index in [1.807, 2.05) is 37.3 Å². The van der Waals surface area contributed by atoms with Gasteiger partial charge in [-0.2, -0.15) is 0 Å². The summed E-state index contributed by atoms with van der Waals surface area (Å²) in [6, 6.07) is 14.4. The smallest absolute Gasteiger partial charge is 0.276 e. The Bertz CT molecular complexity index is 1110. The summed E-state index contributed by atoms with van der Waals surface area (Å²) in [5, 5.41) is 12.6. The van der Waals surface area contributed by atoms with Crippen molar-refractivity contribution in [3.8, 4) is 17.3 Å². The molecule has 0 spiro atoms. The van der Waals surface area contributed by atoms with E-state index in [9.17, 15) is 4.39 Å². The van der Waals surface area contributed by atoms with Gasteiger partial charge in [-0.1, -0.05) is 30.3 Å². The number of methoxy groups -OCH3 is 1. The molecule has 0 aliphatic rings. The third-order valence-electron chi connectivity index (χ3n) is 4.32. The molecule has 2 aromatic heterocycles. The zero-order valence-electron chi connectivity index (χ0n) is 15.0. The van der Waals surface area contributed by atoms with Crippen LogP contribution in [0, 0.1) is 12.7 Å². The van der Waals surface area contributed by atoms with Crippen LogP contribution in [-0.4, -0.2) is 27.3 Å². The summed E-state index contributed by atoms with van der Waals surface area (Å²) in [6.07, 6.45) is 0. The molecule has 0 saturated carbocycles. The van der Waals surface area contributed by atoms with Crippen LogP contribution in [0.2, 0.25) is 0 Å². The number of hydrogen-bond acceptors (Lipinski definition) is 5. The van der Waals surface area contributed by atoms with Crippen molar-refractivity contribution in [3.05, 3.63) is 65.6 Å². The Morgan fingerprint density at radius 3 is 2.78 bits per heavy atom. The number of ether oxygens (including phenoxy) is 1. The first kappa shape index (κ1) is 17.0. The van der Waals surface area contributed by atoms with Gasteiger partial charge in [0.1, 0.15) is 5.82 Å². The van der Waals surface area contributed by atoms with Crippen LogP contribution in [-0.2, 0) is 6.54 Å². The zero-order chi connectivity index (χ0) is 18.8. The van der Waals surface area contributed by atoms with Crippen molar-refractivity contribution < 1.29 is 9.13 Å². The number of aryl methyl sites for hydroxylation is 1. The van der Waals surface area contributed by atoms with E-state index in [1.54, 1.807) is 6.07 Å². The van der Waals surface area contributed by atoms with Crippen molar-refractivity contribution in [2.45, 2.75) is 13.5 Å². The minimum Gasteiger partial charge on any atom is -0.477 e. The number of halogens is 1. The predicted octanol–water partition coefficient (Wildman–Crippen LogP) is 4.09. The number of fused-ring (bicyclic) bond motifs is 1. The van der Waals surface area contributed by atoms with Crippen molar-refractivity contribution >= 4 is 16.7 Å². The minimum absolute atomic E-state index is 0.280. The van der Waals surface area contributed by atoms with Crippen LogP contribution in [0.4, 0.5) is 10.2 Å². The Balaban J connectivity index is 1.71. The molecule has 0 atom stereocenters. The van der Waals surface area contributed by atoms with Gasteiger partial charge in [0.15, 0.2) is 11.6 Å². The van der Waals surface area contributed by atoms with E-state index in [1.165, 1.54) is 19.2 Å². The van der Waals surface area contributed by atoms with E-state index >= 15 is 0 Å². The molecular weight excluding hydrogens is 345 g/mol. The first-order valence-corrected chi connectivity index (χ1v) is 8.50. The quantitative estimate of drug-likeness (QED) is 0.559. The lowest BCUT2D eigenvalue weighted by atomic mass is 10.1. The highest BCUT2D eigenvalue weighted by atomic mass is 19.1. The molecule has 0 fully saturated rings. The molecule has 0 aliphatic carbocycles. The molecule has 4 rings (SSSR count). The van der Waals surface area contributed by atoms with E-state index in [2.05, 4.69) is 25.5 Å². The van der Waals surface area contributed by atoms with E-state index in [0.29, 0.717) is 18.2 Å². The number of rotatable bonds is 5. The number of aromatic amines is 1. The molecule has 0 unspecified atom stereocenters. The predicted molar refractivity (Wildman–Crippen MR) is 102 cm³/mol. The number of aromatic nitrogens is 4. The zero-order valence-corrected chi connectivity index (χ0v) is 15.0. The minimum atomic E-state index is -0.280. The van der Waals surface area contributed by atoms with E-state index in [4.69, 9.17) is 4.74 Å². The summed E-state index contributed by atoms with van der Waals surface area (Å²) in [5.74, 6) is 0.953. The van der Waals surface area contributed by atoms with Gasteiger partial charge in [-0.05, 0) is 30.7 Å². The molecule has 4 aromatic rings. The van der Waals surface area contributed by atoms with Crippen LogP contribution in [0.3, 0.4) is 0 Å². The lowest BCUT2D eigenvalue weighted by molar-refractivity contribution is 0.391. The number of anilines is 1. The van der Waals surface area contributed by atoms with E-state index < -0.39 is 0 Å². The average Bonchev–Trinajstić information content (AvgIpc) is 3.02. The van der Waals surface area contributed by atoms with Gasteiger partial charge in [0.25, 0.3) is 5.88 Å². The lowest BCUT2D eigenvalue weighted by Crippen LogP contribution is -2.07. The summed E-state index contributed by atoms with van der Waals surface area (Å²) in [5.41, 5.74) is 3.66. The second-order valence-electron chi connectivity index (χ2n) is 6.15. The first-order chi connectivity index (χ1) is 13.2. The SMILES string of the molecule is COc1nnc(-c2c(C)[nH]c3ccccc23)nc1NCc1cccc(F)c1. The fraction of sp³-hybridized carbons (Fsp3) is 0.150. The molecule has 2 aromatic carbocycles. The molecule has 0 radical (unpaired) electrons. The first-order valence-electron chi connectivity index (χ1n) is 8.50. The van der Waals surface area contributed by atoms with Gasteiger partial charge < -0.3 is 15.0 Å². The van der Waals surface area contributed by atoms with Gasteiger partial charge in [-0.3, -0.25) is 0 Å². The average molecular weight is 363 g/mol. The second kappa shape index (κ2) is 7.03. The molecule has 2 N–H and O–H groups in total. The summed E-state index contributed by atoms with van der Waals surface area (Å²) < 4.78 is 18.7. The van der Waals surface area contributed by atoms with Crippen molar-refractivity contribution in [2.75, 3.05) is 12.4 Å². The topological polar surface area (TPSA) is 75.7 Å². The van der Waals surface area contributed by atoms with Gasteiger partial charge in [-0.25, -0.2) is 9.37 Å². The van der Waals surface area contributed by atoms with Crippen molar-refractivity contribution in [3.63, 3.8) is 0 Å². The molecule has 27 heavy (non-hydrogen) atoms. The molecule has 6 nitrogen and oxygen atoms in total. The summed E-state index contributed by atoms with van der Waals surface area (Å²) >= 11 is 0. The Kier molecular flexibility index (Phi) is 4.42. The maximum atomic E-state index is 13.4. The number of H-pyrrole nitrogens is 1. The molecular formula is C20H18FN5O. The number of benzene rings is 2. The normalized spacial score (nSPS) is 10.9. The third kappa shape index (κ3) is 3.31. The van der Waals surface area contributed by atoms with Crippen LogP contribution in [0.5, 0.6) is 5.88 Å². The highest BCUT2D eigenvalue weighted by Crippen LogP contribution is 2.31. The van der Waals surface area contributed by atoms with Gasteiger partial charge in [0.2, 0.25) is 0 Å². The Morgan fingerprint density at radius 2 is 1.96 bits per heavy atom. The summed E-state index contributed by atoms with van der Waals surface area (Å²) in [4.78, 5) is 7.95. The highest BCUT2D eigenvalue weighted by Gasteiger charge is 2.16. The lowest BCUT2D eigenvalue weighted by Gasteiger charge is -2.10. The van der Waals surface area contributed by atoms with Crippen LogP contribution in [0.15, 0.2) is 48.5 Å². The fourth-order valence-electron chi connectivity index (χ4n) is 3.07. The maximum Gasteiger partial charge on any atom is 0.276 e. The molecule has 2 heterocycles. The van der Waals surface area contributed by atoms with Crippen molar-refractivity contribution in [1.29, 1.82) is 0 Å². The monoisotopic (exact) mass is 363 g/mol. The van der Waals surface area contributed by atoms with Crippen LogP contribution >= 0.6 is 0 Å². The van der Waals surface area contributed by atoms with E-state index in [-0.39, 0.29) is 11.7 Å². The van der Waals surface area contributed by atoms with E-state index in [0.717, 1.165) is 27.7 Å². The molecule has 0 bridgehead atoms. The Hall–Kier alpha value is -3.48. The van der Waals surface area contributed by atoms with Crippen LogP contribution < -0.4 is 10.1 Å². The molecule has 0 aliphatic heterocycles. The summed E-state index contributed by atoms with van der Waals surface area (Å²) in [7, 11) is 1.51. The highest BCUT2D eigenvalue weighted by molar-refractivity contribution is 5.95. The van der Waals surface area contributed by atoms with Gasteiger partial charge in [0.05, 0.1) is 7.11 Å². The van der Waals surface area contributed by atoms with Crippen molar-refractivity contribution in [1.82, 2.24) is 20.2 Å². The van der Waals surface area contributed by atoms with Crippen LogP contribution in [0.25, 0.3) is 22.3 Å². The third-order valence-corrected chi connectivity index (χ3v) is 4.32. The van der Waals surface area contributed by atoms with Gasteiger partial charge in [-0.15, -0.1) is 10.2 Å². The molecule has 0 saturated heterocycles. The number of nitrogens with zero attached hydrogens (tertiary/aromatic N) is 3. The molecule has 7 heteroatoms. The molecule has 136 valence electrons. The summed E-state index contributed by atoms with van der Waals surface area (Å²) in [6.45, 7) is 2.36. The maximum absolute atomic E-state index is 13.4. The second-order valence-corrected chi connectivity index (χ2v) is 6.15. The largest absolute Gasteiger partial charge is 0.477 e. The van der Waals surface area contributed by atoms with Crippen LogP contribution in [0.1, 0.15) is 11.3 Å². The van der Waals surface area contributed by atoms with Crippen molar-refractivity contribution in [2.24, 2.45) is 0 Å². The molecule has 0 amide bonds. The number of para-hydroxylation sites is 1. The Labute approximate surface area is 155 Å².